The van der Waals surface area contributed by atoms with Crippen LogP contribution in [0.2, 0.25) is 0 Å². The Hall–Kier alpha value is -0.650. The molecule has 21 heavy (non-hydrogen) atoms. The van der Waals surface area contributed by atoms with E-state index in [-0.39, 0.29) is 6.04 Å². The van der Waals surface area contributed by atoms with Gasteiger partial charge in [0.15, 0.2) is 0 Å². The number of aliphatic carboxylic acids is 1. The van der Waals surface area contributed by atoms with Gasteiger partial charge >= 0.3 is 5.97 Å². The van der Waals surface area contributed by atoms with Crippen molar-refractivity contribution in [2.75, 3.05) is 40.3 Å². The zero-order chi connectivity index (χ0) is 16.0. The van der Waals surface area contributed by atoms with E-state index in [1.807, 2.05) is 13.8 Å². The molecule has 2 N–H and O–H groups in total. The Bertz CT molecular complexity index is 335. The highest BCUT2D eigenvalue weighted by Crippen LogP contribution is 2.17. The molecule has 1 fully saturated rings. The summed E-state index contributed by atoms with van der Waals surface area (Å²) in [7, 11) is 4.32. The van der Waals surface area contributed by atoms with Crippen LogP contribution in [0.5, 0.6) is 0 Å². The average molecular weight is 299 g/mol. The summed E-state index contributed by atoms with van der Waals surface area (Å²) in [4.78, 5) is 16.2. The summed E-state index contributed by atoms with van der Waals surface area (Å²) in [6.45, 7) is 10.2. The SMILES string of the molecule is CC(C)NC(C)(CCCN(C)CC1CCN(C)C1)C(=O)O. The van der Waals surface area contributed by atoms with Gasteiger partial charge in [-0.05, 0) is 73.1 Å². The molecule has 5 nitrogen and oxygen atoms in total. The molecule has 0 saturated carbocycles. The van der Waals surface area contributed by atoms with Crippen molar-refractivity contribution in [3.05, 3.63) is 0 Å². The quantitative estimate of drug-likeness (QED) is 0.675. The van der Waals surface area contributed by atoms with E-state index in [0.717, 1.165) is 25.4 Å². The second-order valence-corrected chi connectivity index (χ2v) is 7.22. The van der Waals surface area contributed by atoms with Gasteiger partial charge in [0, 0.05) is 19.1 Å². The number of carboxylic acid groups (broad SMARTS) is 1. The molecule has 0 spiro atoms. The van der Waals surface area contributed by atoms with Crippen LogP contribution in [-0.4, -0.2) is 72.7 Å². The maximum absolute atomic E-state index is 11.5. The maximum Gasteiger partial charge on any atom is 0.323 e. The number of hydrogen-bond acceptors (Lipinski definition) is 4. The molecule has 124 valence electrons. The van der Waals surface area contributed by atoms with Crippen LogP contribution < -0.4 is 5.32 Å². The van der Waals surface area contributed by atoms with Crippen molar-refractivity contribution in [1.29, 1.82) is 0 Å². The third-order valence-corrected chi connectivity index (χ3v) is 4.35. The number of rotatable bonds is 9. The van der Waals surface area contributed by atoms with Gasteiger partial charge in [-0.2, -0.15) is 0 Å². The minimum Gasteiger partial charge on any atom is -0.480 e. The van der Waals surface area contributed by atoms with Gasteiger partial charge in [-0.3, -0.25) is 10.1 Å². The van der Waals surface area contributed by atoms with E-state index in [0.29, 0.717) is 6.42 Å². The first-order valence-electron chi connectivity index (χ1n) is 8.11. The monoisotopic (exact) mass is 299 g/mol. The lowest BCUT2D eigenvalue weighted by atomic mass is 9.94. The highest BCUT2D eigenvalue weighted by Gasteiger charge is 2.32. The van der Waals surface area contributed by atoms with E-state index in [1.54, 1.807) is 6.92 Å². The van der Waals surface area contributed by atoms with Gasteiger partial charge in [-0.15, -0.1) is 0 Å². The first kappa shape index (κ1) is 18.4. The third-order valence-electron chi connectivity index (χ3n) is 4.35. The Morgan fingerprint density at radius 2 is 2.19 bits per heavy atom. The third kappa shape index (κ3) is 6.32. The van der Waals surface area contributed by atoms with Crippen LogP contribution in [-0.2, 0) is 4.79 Å². The summed E-state index contributed by atoms with van der Waals surface area (Å²) in [5, 5.41) is 12.6. The molecule has 0 aromatic rings. The molecule has 2 unspecified atom stereocenters. The van der Waals surface area contributed by atoms with Crippen LogP contribution in [0.4, 0.5) is 0 Å². The Morgan fingerprint density at radius 3 is 2.67 bits per heavy atom. The molecule has 1 aliphatic rings. The first-order valence-corrected chi connectivity index (χ1v) is 8.11. The highest BCUT2D eigenvalue weighted by molar-refractivity contribution is 5.78. The Balaban J connectivity index is 2.31. The lowest BCUT2D eigenvalue weighted by Crippen LogP contribution is -2.52. The van der Waals surface area contributed by atoms with Gasteiger partial charge in [0.1, 0.15) is 5.54 Å². The molecule has 1 aliphatic heterocycles. The van der Waals surface area contributed by atoms with Crippen LogP contribution in [0, 0.1) is 5.92 Å². The Morgan fingerprint density at radius 1 is 1.52 bits per heavy atom. The van der Waals surface area contributed by atoms with Crippen molar-refractivity contribution >= 4 is 5.97 Å². The highest BCUT2D eigenvalue weighted by atomic mass is 16.4. The molecule has 0 radical (unpaired) electrons. The Kier molecular flexibility index (Phi) is 7.10. The van der Waals surface area contributed by atoms with Gasteiger partial charge in [0.05, 0.1) is 0 Å². The number of hydrogen-bond donors (Lipinski definition) is 2. The zero-order valence-corrected chi connectivity index (χ0v) is 14.4. The predicted molar refractivity (Wildman–Crippen MR) is 86.6 cm³/mol. The maximum atomic E-state index is 11.5. The van der Waals surface area contributed by atoms with Crippen molar-refractivity contribution in [2.24, 2.45) is 5.92 Å². The number of nitrogens with one attached hydrogen (secondary N) is 1. The molecule has 0 amide bonds. The number of carbonyl (C=O) groups is 1. The van der Waals surface area contributed by atoms with Crippen molar-refractivity contribution < 1.29 is 9.90 Å². The fraction of sp³-hybridized carbons (Fsp3) is 0.938. The van der Waals surface area contributed by atoms with Crippen molar-refractivity contribution in [3.8, 4) is 0 Å². The number of nitrogens with zero attached hydrogens (tertiary/aromatic N) is 2. The van der Waals surface area contributed by atoms with Gasteiger partial charge in [-0.25, -0.2) is 0 Å². The van der Waals surface area contributed by atoms with Gasteiger partial charge < -0.3 is 14.9 Å². The van der Waals surface area contributed by atoms with E-state index in [4.69, 9.17) is 0 Å². The van der Waals surface area contributed by atoms with Crippen LogP contribution in [0.15, 0.2) is 0 Å². The van der Waals surface area contributed by atoms with E-state index < -0.39 is 11.5 Å². The smallest absolute Gasteiger partial charge is 0.323 e. The first-order chi connectivity index (χ1) is 9.73. The molecule has 0 aromatic heterocycles. The molecule has 1 saturated heterocycles. The second-order valence-electron chi connectivity index (χ2n) is 7.22. The summed E-state index contributed by atoms with van der Waals surface area (Å²) in [6, 6.07) is 0.179. The number of likely N-dealkylation sites (tertiary alicyclic amines) is 1. The van der Waals surface area contributed by atoms with E-state index in [2.05, 4.69) is 29.2 Å². The van der Waals surface area contributed by atoms with Crippen LogP contribution in [0.1, 0.15) is 40.0 Å². The largest absolute Gasteiger partial charge is 0.480 e. The van der Waals surface area contributed by atoms with E-state index in [1.165, 1.54) is 19.5 Å². The zero-order valence-electron chi connectivity index (χ0n) is 14.4. The summed E-state index contributed by atoms with van der Waals surface area (Å²) in [5.74, 6) is 0.0101. The predicted octanol–water partition coefficient (Wildman–Crippen LogP) is 1.49. The Labute approximate surface area is 129 Å². The fourth-order valence-electron chi connectivity index (χ4n) is 3.29. The minimum atomic E-state index is -0.817. The fourth-order valence-corrected chi connectivity index (χ4v) is 3.29. The van der Waals surface area contributed by atoms with E-state index in [9.17, 15) is 9.90 Å². The molecule has 0 aromatic carbocycles. The summed E-state index contributed by atoms with van der Waals surface area (Å²) < 4.78 is 0. The van der Waals surface area contributed by atoms with Gasteiger partial charge in [0.2, 0.25) is 0 Å². The lowest BCUT2D eigenvalue weighted by molar-refractivity contribution is -0.144. The van der Waals surface area contributed by atoms with Crippen LogP contribution in [0.3, 0.4) is 0 Å². The number of carboxylic acids is 1. The standard InChI is InChI=1S/C16H33N3O2/c1-13(2)17-16(3,15(20)21)8-6-9-18(4)11-14-7-10-19(5)12-14/h13-14,17H,6-12H2,1-5H3,(H,20,21). The molecule has 2 atom stereocenters. The minimum absolute atomic E-state index is 0.179. The van der Waals surface area contributed by atoms with Crippen molar-refractivity contribution in [3.63, 3.8) is 0 Å². The molecule has 5 heteroatoms. The van der Waals surface area contributed by atoms with Crippen molar-refractivity contribution in [1.82, 2.24) is 15.1 Å². The van der Waals surface area contributed by atoms with Gasteiger partial charge in [0.25, 0.3) is 0 Å². The molecular formula is C16H33N3O2. The van der Waals surface area contributed by atoms with Crippen LogP contribution in [0.25, 0.3) is 0 Å². The molecule has 0 bridgehead atoms. The normalized spacial score (nSPS) is 22.9. The molecular weight excluding hydrogens is 266 g/mol. The summed E-state index contributed by atoms with van der Waals surface area (Å²) in [5.41, 5.74) is -0.817. The van der Waals surface area contributed by atoms with Gasteiger partial charge in [-0.1, -0.05) is 0 Å². The van der Waals surface area contributed by atoms with Crippen molar-refractivity contribution in [2.45, 2.75) is 51.6 Å². The molecule has 0 aliphatic carbocycles. The molecule has 1 rings (SSSR count). The topological polar surface area (TPSA) is 55.8 Å². The van der Waals surface area contributed by atoms with E-state index >= 15 is 0 Å². The summed E-state index contributed by atoms with van der Waals surface area (Å²) >= 11 is 0. The second kappa shape index (κ2) is 8.11. The lowest BCUT2D eigenvalue weighted by Gasteiger charge is -2.29. The summed E-state index contributed by atoms with van der Waals surface area (Å²) in [6.07, 6.45) is 2.85. The van der Waals surface area contributed by atoms with Crippen LogP contribution >= 0.6 is 0 Å². The molecule has 1 heterocycles. The average Bonchev–Trinajstić information content (AvgIpc) is 2.73.